The summed E-state index contributed by atoms with van der Waals surface area (Å²) in [6.07, 6.45) is 0. The SMILES string of the molecule is CNC(C)(Br)N(C)C(C)C. The van der Waals surface area contributed by atoms with E-state index in [1.54, 1.807) is 0 Å². The molecule has 0 aromatic carbocycles. The lowest BCUT2D eigenvalue weighted by atomic mass is 10.3. The number of hydrogen-bond acceptors (Lipinski definition) is 2. The Morgan fingerprint density at radius 2 is 1.90 bits per heavy atom. The highest BCUT2D eigenvalue weighted by atomic mass is 79.9. The molecule has 0 fully saturated rings. The van der Waals surface area contributed by atoms with Gasteiger partial charge in [0.1, 0.15) is 4.57 Å². The number of halogens is 1. The predicted molar refractivity (Wildman–Crippen MR) is 49.3 cm³/mol. The second-order valence-electron chi connectivity index (χ2n) is 2.91. The monoisotopic (exact) mass is 208 g/mol. The van der Waals surface area contributed by atoms with Crippen molar-refractivity contribution in [1.29, 1.82) is 0 Å². The van der Waals surface area contributed by atoms with Gasteiger partial charge in [-0.1, -0.05) is 15.9 Å². The maximum Gasteiger partial charge on any atom is 0.125 e. The normalized spacial score (nSPS) is 18.0. The van der Waals surface area contributed by atoms with Crippen molar-refractivity contribution >= 4 is 15.9 Å². The molecule has 0 rings (SSSR count). The van der Waals surface area contributed by atoms with Crippen LogP contribution in [-0.4, -0.2) is 29.6 Å². The molecular weight excluding hydrogens is 192 g/mol. The molecule has 0 saturated carbocycles. The first-order valence-electron chi connectivity index (χ1n) is 3.52. The van der Waals surface area contributed by atoms with Crippen LogP contribution in [0.25, 0.3) is 0 Å². The van der Waals surface area contributed by atoms with Gasteiger partial charge in [-0.25, -0.2) is 0 Å². The van der Waals surface area contributed by atoms with Crippen LogP contribution in [0.2, 0.25) is 0 Å². The summed E-state index contributed by atoms with van der Waals surface area (Å²) in [6.45, 7) is 6.42. The first-order valence-corrected chi connectivity index (χ1v) is 4.32. The molecule has 0 spiro atoms. The Labute approximate surface area is 72.1 Å². The Kier molecular flexibility index (Phi) is 3.84. The summed E-state index contributed by atoms with van der Waals surface area (Å²) >= 11 is 3.56. The van der Waals surface area contributed by atoms with Crippen molar-refractivity contribution in [2.75, 3.05) is 14.1 Å². The fraction of sp³-hybridized carbons (Fsp3) is 1.00. The van der Waals surface area contributed by atoms with Crippen molar-refractivity contribution < 1.29 is 0 Å². The molecule has 0 bridgehead atoms. The third-order valence-corrected chi connectivity index (χ3v) is 2.85. The first-order chi connectivity index (χ1) is 4.41. The zero-order valence-electron chi connectivity index (χ0n) is 7.40. The summed E-state index contributed by atoms with van der Waals surface area (Å²) in [5.41, 5.74) is 0. The lowest BCUT2D eigenvalue weighted by molar-refractivity contribution is 0.163. The van der Waals surface area contributed by atoms with Gasteiger partial charge in [-0.05, 0) is 34.9 Å². The van der Waals surface area contributed by atoms with Crippen LogP contribution in [0.3, 0.4) is 0 Å². The average molecular weight is 209 g/mol. The van der Waals surface area contributed by atoms with E-state index in [0.29, 0.717) is 6.04 Å². The molecule has 10 heavy (non-hydrogen) atoms. The summed E-state index contributed by atoms with van der Waals surface area (Å²) in [5.74, 6) is 0. The lowest BCUT2D eigenvalue weighted by Gasteiger charge is -2.36. The van der Waals surface area contributed by atoms with E-state index in [-0.39, 0.29) is 4.57 Å². The Balaban J connectivity index is 4.03. The minimum atomic E-state index is -0.0822. The third kappa shape index (κ3) is 2.56. The number of alkyl halides is 1. The highest BCUT2D eigenvalue weighted by Crippen LogP contribution is 2.18. The summed E-state index contributed by atoms with van der Waals surface area (Å²) in [6, 6.07) is 0.539. The van der Waals surface area contributed by atoms with Crippen LogP contribution in [0.5, 0.6) is 0 Å². The molecule has 0 saturated heterocycles. The lowest BCUT2D eigenvalue weighted by Crippen LogP contribution is -2.51. The summed E-state index contributed by atoms with van der Waals surface area (Å²) in [5, 5.41) is 3.16. The Morgan fingerprint density at radius 3 is 2.00 bits per heavy atom. The minimum Gasteiger partial charge on any atom is -0.293 e. The van der Waals surface area contributed by atoms with Gasteiger partial charge in [0.15, 0.2) is 0 Å². The van der Waals surface area contributed by atoms with Crippen molar-refractivity contribution in [3.8, 4) is 0 Å². The van der Waals surface area contributed by atoms with Crippen LogP contribution < -0.4 is 5.32 Å². The first kappa shape index (κ1) is 10.4. The second-order valence-corrected chi connectivity index (χ2v) is 4.45. The second kappa shape index (κ2) is 3.69. The van der Waals surface area contributed by atoms with Gasteiger partial charge in [0.25, 0.3) is 0 Å². The molecule has 1 atom stereocenters. The molecule has 0 heterocycles. The van der Waals surface area contributed by atoms with Crippen LogP contribution in [0.15, 0.2) is 0 Å². The highest BCUT2D eigenvalue weighted by molar-refractivity contribution is 9.10. The highest BCUT2D eigenvalue weighted by Gasteiger charge is 2.24. The standard InChI is InChI=1S/C7H17BrN2/c1-6(2)10(5)7(3,8)9-4/h6,9H,1-5H3. The molecule has 0 amide bonds. The van der Waals surface area contributed by atoms with Gasteiger partial charge in [-0.3, -0.25) is 10.2 Å². The third-order valence-electron chi connectivity index (χ3n) is 1.89. The van der Waals surface area contributed by atoms with Gasteiger partial charge in [0.05, 0.1) is 0 Å². The molecule has 0 aromatic rings. The van der Waals surface area contributed by atoms with Crippen LogP contribution in [0, 0.1) is 0 Å². The van der Waals surface area contributed by atoms with Gasteiger partial charge in [0.2, 0.25) is 0 Å². The van der Waals surface area contributed by atoms with Gasteiger partial charge < -0.3 is 0 Å². The molecule has 0 aliphatic heterocycles. The Bertz CT molecular complexity index is 102. The maximum absolute atomic E-state index is 3.56. The quantitative estimate of drug-likeness (QED) is 0.431. The van der Waals surface area contributed by atoms with E-state index in [2.05, 4.69) is 54.0 Å². The van der Waals surface area contributed by atoms with E-state index in [9.17, 15) is 0 Å². The Hall–Kier alpha value is 0.400. The molecule has 62 valence electrons. The van der Waals surface area contributed by atoms with Crippen molar-refractivity contribution in [2.24, 2.45) is 0 Å². The van der Waals surface area contributed by atoms with Crippen LogP contribution in [-0.2, 0) is 0 Å². The Morgan fingerprint density at radius 1 is 1.50 bits per heavy atom. The van der Waals surface area contributed by atoms with Crippen LogP contribution in [0.4, 0.5) is 0 Å². The summed E-state index contributed by atoms with van der Waals surface area (Å²) in [7, 11) is 4.02. The van der Waals surface area contributed by atoms with E-state index in [1.807, 2.05) is 7.05 Å². The predicted octanol–water partition coefficient (Wildman–Crippen LogP) is 1.61. The van der Waals surface area contributed by atoms with Crippen molar-refractivity contribution in [1.82, 2.24) is 10.2 Å². The molecule has 1 N–H and O–H groups in total. The van der Waals surface area contributed by atoms with Gasteiger partial charge in [-0.15, -0.1) is 0 Å². The molecule has 3 heteroatoms. The van der Waals surface area contributed by atoms with Crippen LogP contribution in [0.1, 0.15) is 20.8 Å². The molecule has 0 aliphatic carbocycles. The summed E-state index contributed by atoms with van der Waals surface area (Å²) < 4.78 is -0.0822. The number of hydrogen-bond donors (Lipinski definition) is 1. The summed E-state index contributed by atoms with van der Waals surface area (Å²) in [4.78, 5) is 2.22. The topological polar surface area (TPSA) is 15.3 Å². The van der Waals surface area contributed by atoms with E-state index in [4.69, 9.17) is 0 Å². The van der Waals surface area contributed by atoms with E-state index >= 15 is 0 Å². The number of nitrogens with one attached hydrogen (secondary N) is 1. The molecule has 0 aromatic heterocycles. The smallest absolute Gasteiger partial charge is 0.125 e. The van der Waals surface area contributed by atoms with E-state index in [1.165, 1.54) is 0 Å². The minimum absolute atomic E-state index is 0.0822. The maximum atomic E-state index is 3.56. The molecule has 2 nitrogen and oxygen atoms in total. The van der Waals surface area contributed by atoms with E-state index in [0.717, 1.165) is 0 Å². The van der Waals surface area contributed by atoms with Crippen molar-refractivity contribution in [3.63, 3.8) is 0 Å². The number of rotatable bonds is 3. The fourth-order valence-corrected chi connectivity index (χ4v) is 1.07. The van der Waals surface area contributed by atoms with Crippen molar-refractivity contribution in [3.05, 3.63) is 0 Å². The zero-order valence-corrected chi connectivity index (χ0v) is 8.99. The molecular formula is C7H17BrN2. The van der Waals surface area contributed by atoms with Gasteiger partial charge >= 0.3 is 0 Å². The zero-order chi connectivity index (χ0) is 8.36. The van der Waals surface area contributed by atoms with Gasteiger partial charge in [-0.2, -0.15) is 0 Å². The van der Waals surface area contributed by atoms with Crippen LogP contribution >= 0.6 is 15.9 Å². The number of nitrogens with zero attached hydrogens (tertiary/aromatic N) is 1. The largest absolute Gasteiger partial charge is 0.293 e. The van der Waals surface area contributed by atoms with E-state index < -0.39 is 0 Å². The molecule has 1 unspecified atom stereocenters. The van der Waals surface area contributed by atoms with Gasteiger partial charge in [0, 0.05) is 6.04 Å². The molecule has 0 aliphatic rings. The average Bonchev–Trinajstić information content (AvgIpc) is 1.86. The molecule has 0 radical (unpaired) electrons. The van der Waals surface area contributed by atoms with Crippen molar-refractivity contribution in [2.45, 2.75) is 31.4 Å². The fourth-order valence-electron chi connectivity index (χ4n) is 0.661.